The van der Waals surface area contributed by atoms with E-state index in [0.717, 1.165) is 30.2 Å². The van der Waals surface area contributed by atoms with Crippen LogP contribution in [-0.2, 0) is 0 Å². The molecule has 2 aromatic rings. The second-order valence-corrected chi connectivity index (χ2v) is 4.00. The molecular weight excluding hydrogens is 200 g/mol. The fourth-order valence-electron chi connectivity index (χ4n) is 1.83. The number of aromatic amines is 1. The zero-order chi connectivity index (χ0) is 11.4. The molecule has 0 saturated heterocycles. The number of nitrogens with one attached hydrogen (secondary N) is 1. The molecule has 0 spiro atoms. The van der Waals surface area contributed by atoms with Gasteiger partial charge in [0.1, 0.15) is 5.69 Å². The quantitative estimate of drug-likeness (QED) is 0.615. The predicted octanol–water partition coefficient (Wildman–Crippen LogP) is 3.33. The zero-order valence-electron chi connectivity index (χ0n) is 9.49. The van der Waals surface area contributed by atoms with Crippen LogP contribution in [0.5, 0.6) is 0 Å². The average molecular weight is 216 g/mol. The molecule has 84 valence electrons. The molecule has 1 aromatic heterocycles. The van der Waals surface area contributed by atoms with Crippen LogP contribution in [0.4, 0.5) is 0 Å². The second kappa shape index (κ2) is 4.92. The first kappa shape index (κ1) is 10.9. The van der Waals surface area contributed by atoms with Gasteiger partial charge in [0.25, 0.3) is 0 Å². The lowest BCUT2D eigenvalue weighted by atomic mass is 10.1. The molecule has 3 nitrogen and oxygen atoms in total. The Labute approximate surface area is 94.9 Å². The summed E-state index contributed by atoms with van der Waals surface area (Å²) in [4.78, 5) is 11.9. The summed E-state index contributed by atoms with van der Waals surface area (Å²) in [5, 5.41) is 7.92. The van der Waals surface area contributed by atoms with E-state index in [-0.39, 0.29) is 5.78 Å². The number of H-pyrrole nitrogens is 1. The molecule has 1 heterocycles. The molecule has 2 rings (SSSR count). The number of carbonyl (C=O) groups is 1. The standard InChI is InChI=1S/C13H16N2O/c1-2-3-4-9-12(16)13-10-7-5-6-8-11(10)14-15-13/h5-8H,2-4,9H2,1H3,(H,14,15). The van der Waals surface area contributed by atoms with Crippen molar-refractivity contribution in [3.05, 3.63) is 30.0 Å². The van der Waals surface area contributed by atoms with E-state index in [1.165, 1.54) is 0 Å². The minimum absolute atomic E-state index is 0.144. The SMILES string of the molecule is CCCCCC(=O)c1n[nH]c2ccccc12. The Morgan fingerprint density at radius 3 is 2.94 bits per heavy atom. The van der Waals surface area contributed by atoms with Crippen LogP contribution >= 0.6 is 0 Å². The Hall–Kier alpha value is -1.64. The van der Waals surface area contributed by atoms with Crippen molar-refractivity contribution in [3.8, 4) is 0 Å². The van der Waals surface area contributed by atoms with Gasteiger partial charge in [0.2, 0.25) is 0 Å². The summed E-state index contributed by atoms with van der Waals surface area (Å²) >= 11 is 0. The molecule has 1 N–H and O–H groups in total. The maximum atomic E-state index is 11.9. The van der Waals surface area contributed by atoms with Crippen LogP contribution < -0.4 is 0 Å². The molecule has 0 saturated carbocycles. The highest BCUT2D eigenvalue weighted by atomic mass is 16.1. The number of carbonyl (C=O) groups excluding carboxylic acids is 1. The Morgan fingerprint density at radius 1 is 1.31 bits per heavy atom. The van der Waals surface area contributed by atoms with Gasteiger partial charge in [-0.3, -0.25) is 9.89 Å². The maximum absolute atomic E-state index is 11.9. The van der Waals surface area contributed by atoms with Gasteiger partial charge < -0.3 is 0 Å². The van der Waals surface area contributed by atoms with Crippen molar-refractivity contribution < 1.29 is 4.79 Å². The molecule has 0 aliphatic carbocycles. The lowest BCUT2D eigenvalue weighted by Crippen LogP contribution is -1.99. The number of fused-ring (bicyclic) bond motifs is 1. The first-order valence-corrected chi connectivity index (χ1v) is 5.79. The molecule has 0 aliphatic rings. The maximum Gasteiger partial charge on any atom is 0.183 e. The minimum Gasteiger partial charge on any atom is -0.292 e. The summed E-state index contributed by atoms with van der Waals surface area (Å²) in [5.41, 5.74) is 1.52. The van der Waals surface area contributed by atoms with Crippen LogP contribution in [0.25, 0.3) is 10.9 Å². The minimum atomic E-state index is 0.144. The largest absolute Gasteiger partial charge is 0.292 e. The van der Waals surface area contributed by atoms with Gasteiger partial charge in [-0.05, 0) is 12.5 Å². The number of nitrogens with zero attached hydrogens (tertiary/aromatic N) is 1. The Bertz CT molecular complexity index is 487. The summed E-state index contributed by atoms with van der Waals surface area (Å²) in [6, 6.07) is 7.74. The van der Waals surface area contributed by atoms with Crippen molar-refractivity contribution in [2.24, 2.45) is 0 Å². The molecular formula is C13H16N2O. The molecule has 0 unspecified atom stereocenters. The van der Waals surface area contributed by atoms with Crippen LogP contribution in [0.2, 0.25) is 0 Å². The third-order valence-electron chi connectivity index (χ3n) is 2.74. The van der Waals surface area contributed by atoms with Gasteiger partial charge >= 0.3 is 0 Å². The molecule has 0 fully saturated rings. The van der Waals surface area contributed by atoms with Crippen molar-refractivity contribution in [2.75, 3.05) is 0 Å². The topological polar surface area (TPSA) is 45.8 Å². The van der Waals surface area contributed by atoms with Gasteiger partial charge in [-0.2, -0.15) is 5.10 Å². The highest BCUT2D eigenvalue weighted by molar-refractivity contribution is 6.05. The van der Waals surface area contributed by atoms with Gasteiger partial charge in [0, 0.05) is 11.8 Å². The van der Waals surface area contributed by atoms with E-state index >= 15 is 0 Å². The number of hydrogen-bond acceptors (Lipinski definition) is 2. The summed E-state index contributed by atoms with van der Waals surface area (Å²) in [6.07, 6.45) is 3.79. The first-order valence-electron chi connectivity index (χ1n) is 5.79. The van der Waals surface area contributed by atoms with Gasteiger partial charge in [-0.1, -0.05) is 38.0 Å². The number of aromatic nitrogens is 2. The number of rotatable bonds is 5. The van der Waals surface area contributed by atoms with E-state index in [2.05, 4.69) is 17.1 Å². The van der Waals surface area contributed by atoms with Crippen LogP contribution in [0.3, 0.4) is 0 Å². The number of unbranched alkanes of at least 4 members (excludes halogenated alkanes) is 2. The van der Waals surface area contributed by atoms with E-state index in [1.54, 1.807) is 0 Å². The molecule has 0 aliphatic heterocycles. The van der Waals surface area contributed by atoms with E-state index in [0.29, 0.717) is 12.1 Å². The number of para-hydroxylation sites is 1. The van der Waals surface area contributed by atoms with Gasteiger partial charge in [0.15, 0.2) is 5.78 Å². The number of benzene rings is 1. The van der Waals surface area contributed by atoms with Crippen LogP contribution in [0.15, 0.2) is 24.3 Å². The third kappa shape index (κ3) is 2.13. The number of hydrogen-bond donors (Lipinski definition) is 1. The molecule has 0 radical (unpaired) electrons. The Balaban J connectivity index is 2.17. The van der Waals surface area contributed by atoms with Crippen LogP contribution in [-0.4, -0.2) is 16.0 Å². The fourth-order valence-corrected chi connectivity index (χ4v) is 1.83. The van der Waals surface area contributed by atoms with Crippen molar-refractivity contribution >= 4 is 16.7 Å². The van der Waals surface area contributed by atoms with Gasteiger partial charge in [-0.25, -0.2) is 0 Å². The molecule has 0 amide bonds. The Kier molecular flexibility index (Phi) is 3.34. The lowest BCUT2D eigenvalue weighted by molar-refractivity contribution is 0.0976. The van der Waals surface area contributed by atoms with Crippen molar-refractivity contribution in [3.63, 3.8) is 0 Å². The molecule has 3 heteroatoms. The molecule has 1 aromatic carbocycles. The highest BCUT2D eigenvalue weighted by Crippen LogP contribution is 2.17. The smallest absolute Gasteiger partial charge is 0.183 e. The zero-order valence-corrected chi connectivity index (χ0v) is 9.49. The van der Waals surface area contributed by atoms with E-state index in [1.807, 2.05) is 24.3 Å². The van der Waals surface area contributed by atoms with Gasteiger partial charge in [-0.15, -0.1) is 0 Å². The van der Waals surface area contributed by atoms with Gasteiger partial charge in [0.05, 0.1) is 5.52 Å². The summed E-state index contributed by atoms with van der Waals surface area (Å²) < 4.78 is 0. The average Bonchev–Trinajstić information content (AvgIpc) is 2.73. The Morgan fingerprint density at radius 2 is 2.12 bits per heavy atom. The monoisotopic (exact) mass is 216 g/mol. The highest BCUT2D eigenvalue weighted by Gasteiger charge is 2.12. The number of Topliss-reactive ketones (excluding diaryl/α,β-unsaturated/α-hetero) is 1. The lowest BCUT2D eigenvalue weighted by Gasteiger charge is -1.97. The summed E-state index contributed by atoms with van der Waals surface area (Å²) in [5.74, 6) is 0.144. The van der Waals surface area contributed by atoms with Crippen molar-refractivity contribution in [2.45, 2.75) is 32.6 Å². The van der Waals surface area contributed by atoms with E-state index in [9.17, 15) is 4.79 Å². The summed E-state index contributed by atoms with van der Waals surface area (Å²) in [6.45, 7) is 2.13. The molecule has 0 atom stereocenters. The second-order valence-electron chi connectivity index (χ2n) is 4.00. The van der Waals surface area contributed by atoms with E-state index in [4.69, 9.17) is 0 Å². The van der Waals surface area contributed by atoms with Crippen LogP contribution in [0, 0.1) is 0 Å². The molecule has 0 bridgehead atoms. The van der Waals surface area contributed by atoms with Crippen molar-refractivity contribution in [1.82, 2.24) is 10.2 Å². The molecule has 16 heavy (non-hydrogen) atoms. The van der Waals surface area contributed by atoms with Crippen molar-refractivity contribution in [1.29, 1.82) is 0 Å². The predicted molar refractivity (Wildman–Crippen MR) is 64.6 cm³/mol. The number of ketones is 1. The third-order valence-corrected chi connectivity index (χ3v) is 2.74. The summed E-state index contributed by atoms with van der Waals surface area (Å²) in [7, 11) is 0. The van der Waals surface area contributed by atoms with Crippen LogP contribution in [0.1, 0.15) is 43.1 Å². The fraction of sp³-hybridized carbons (Fsp3) is 0.385. The van der Waals surface area contributed by atoms with E-state index < -0.39 is 0 Å². The first-order chi connectivity index (χ1) is 7.83. The normalized spacial score (nSPS) is 10.8.